The summed E-state index contributed by atoms with van der Waals surface area (Å²) in [5.41, 5.74) is 3.72. The van der Waals surface area contributed by atoms with Crippen molar-refractivity contribution in [3.63, 3.8) is 0 Å². The normalized spacial score (nSPS) is 13.6. The van der Waals surface area contributed by atoms with Gasteiger partial charge in [-0.05, 0) is 116 Å². The molecule has 6 rings (SSSR count). The number of aryl methyl sites for hydroxylation is 3. The van der Waals surface area contributed by atoms with Crippen molar-refractivity contribution in [3.8, 4) is 11.1 Å². The van der Waals surface area contributed by atoms with Crippen LogP contribution in [0.2, 0.25) is 0 Å². The van der Waals surface area contributed by atoms with Gasteiger partial charge < -0.3 is 14.4 Å². The predicted octanol–water partition coefficient (Wildman–Crippen LogP) is 8.44. The van der Waals surface area contributed by atoms with Crippen LogP contribution in [0, 0.1) is 11.6 Å². The highest BCUT2D eigenvalue weighted by atomic mass is 19.4. The van der Waals surface area contributed by atoms with Crippen molar-refractivity contribution in [2.75, 3.05) is 26.7 Å². The van der Waals surface area contributed by atoms with Gasteiger partial charge in [0.25, 0.3) is 0 Å². The third kappa shape index (κ3) is 8.73. The molecule has 0 saturated carbocycles. The van der Waals surface area contributed by atoms with E-state index in [1.807, 2.05) is 34.9 Å². The fourth-order valence-electron chi connectivity index (χ4n) is 6.81. The molecule has 0 atom stereocenters. The van der Waals surface area contributed by atoms with Crippen molar-refractivity contribution in [1.29, 1.82) is 0 Å². The van der Waals surface area contributed by atoms with Crippen LogP contribution in [0.15, 0.2) is 95.8 Å². The molecule has 0 radical (unpaired) electrons. The first-order chi connectivity index (χ1) is 24.5. The number of rotatable bonds is 12. The lowest BCUT2D eigenvalue weighted by molar-refractivity contribution is -0.137. The molecule has 1 aromatic heterocycles. The number of hydrogen-bond acceptors (Lipinski definition) is 3. The summed E-state index contributed by atoms with van der Waals surface area (Å²) in [6.45, 7) is 3.43. The molecular weight excluding hydrogens is 661 g/mol. The van der Waals surface area contributed by atoms with Crippen molar-refractivity contribution in [1.82, 2.24) is 14.4 Å². The number of halogens is 5. The van der Waals surface area contributed by atoms with E-state index in [0.717, 1.165) is 67.4 Å². The number of pyridine rings is 1. The Labute approximate surface area is 293 Å². The first kappa shape index (κ1) is 36.0. The van der Waals surface area contributed by atoms with Crippen LogP contribution in [0.5, 0.6) is 0 Å². The Hall–Kier alpha value is -4.83. The minimum atomic E-state index is -4.41. The molecule has 1 aliphatic heterocycles. The van der Waals surface area contributed by atoms with E-state index in [9.17, 15) is 31.5 Å². The molecular formula is C41H40F5N3O2. The maximum absolute atomic E-state index is 14.6. The van der Waals surface area contributed by atoms with Crippen molar-refractivity contribution >= 4 is 16.8 Å². The summed E-state index contributed by atoms with van der Waals surface area (Å²) < 4.78 is 69.3. The second kappa shape index (κ2) is 15.6. The second-order valence-corrected chi connectivity index (χ2v) is 13.3. The summed E-state index contributed by atoms with van der Waals surface area (Å²) in [4.78, 5) is 31.2. The van der Waals surface area contributed by atoms with Gasteiger partial charge in [-0.25, -0.2) is 8.78 Å². The summed E-state index contributed by atoms with van der Waals surface area (Å²) >= 11 is 0. The van der Waals surface area contributed by atoms with E-state index in [1.165, 1.54) is 43.2 Å². The predicted molar refractivity (Wildman–Crippen MR) is 189 cm³/mol. The van der Waals surface area contributed by atoms with E-state index < -0.39 is 23.4 Å². The Balaban J connectivity index is 1.23. The molecule has 0 spiro atoms. The lowest BCUT2D eigenvalue weighted by Gasteiger charge is -2.22. The molecule has 1 aliphatic rings. The average molecular weight is 702 g/mol. The van der Waals surface area contributed by atoms with Crippen LogP contribution < -0.4 is 5.43 Å². The van der Waals surface area contributed by atoms with Gasteiger partial charge in [0.1, 0.15) is 6.54 Å². The smallest absolute Gasteiger partial charge is 0.340 e. The molecule has 2 heterocycles. The monoisotopic (exact) mass is 701 g/mol. The molecule has 0 aliphatic carbocycles. The standard InChI is InChI=1S/C41H40F5N3O2/c1-47(26-29-9-12-30(13-10-29)31-14-17-33(18-15-31)41(44,45)46)39(51)27-49-34(19-16-32-7-4-8-36(42)40(32)43)25-38(50)35-20-11-28(24-37(35)49)6-5-23-48-21-2-3-22-48/h4,7-15,17-18,20,24-25H,2-3,5-6,16,19,21-23,26-27H2,1H3. The lowest BCUT2D eigenvalue weighted by Crippen LogP contribution is -2.31. The molecule has 266 valence electrons. The van der Waals surface area contributed by atoms with Crippen molar-refractivity contribution in [2.45, 2.75) is 57.8 Å². The van der Waals surface area contributed by atoms with Gasteiger partial charge in [0.05, 0.1) is 11.1 Å². The number of benzene rings is 4. The van der Waals surface area contributed by atoms with Crippen LogP contribution in [-0.2, 0) is 43.3 Å². The summed E-state index contributed by atoms with van der Waals surface area (Å²) in [5, 5.41) is 0.480. The van der Waals surface area contributed by atoms with Gasteiger partial charge >= 0.3 is 6.18 Å². The van der Waals surface area contributed by atoms with Crippen molar-refractivity contribution < 1.29 is 26.7 Å². The fraction of sp³-hybridized carbons (Fsp3) is 0.317. The van der Waals surface area contributed by atoms with Gasteiger partial charge in [-0.3, -0.25) is 9.59 Å². The number of carbonyl (C=O) groups excluding carboxylic acids is 1. The number of nitrogens with zero attached hydrogens (tertiary/aromatic N) is 3. The first-order valence-electron chi connectivity index (χ1n) is 17.3. The quantitative estimate of drug-likeness (QED) is 0.123. The summed E-state index contributed by atoms with van der Waals surface area (Å²) in [7, 11) is 1.68. The number of amides is 1. The topological polar surface area (TPSA) is 45.6 Å². The highest BCUT2D eigenvalue weighted by Crippen LogP contribution is 2.31. The molecule has 10 heteroatoms. The number of likely N-dealkylation sites (tertiary alicyclic amines) is 1. The third-order valence-corrected chi connectivity index (χ3v) is 9.72. The van der Waals surface area contributed by atoms with Crippen LogP contribution in [-0.4, -0.2) is 47.0 Å². The maximum Gasteiger partial charge on any atom is 0.416 e. The van der Waals surface area contributed by atoms with Gasteiger partial charge in [-0.1, -0.05) is 54.6 Å². The molecule has 1 amide bonds. The van der Waals surface area contributed by atoms with Gasteiger partial charge in [0.15, 0.2) is 17.1 Å². The molecule has 5 nitrogen and oxygen atoms in total. The molecule has 0 unspecified atom stereocenters. The van der Waals surface area contributed by atoms with Crippen LogP contribution in [0.3, 0.4) is 0 Å². The zero-order chi connectivity index (χ0) is 36.1. The van der Waals surface area contributed by atoms with Crippen LogP contribution in [0.4, 0.5) is 22.0 Å². The second-order valence-electron chi connectivity index (χ2n) is 13.3. The molecule has 5 aromatic rings. The number of fused-ring (bicyclic) bond motifs is 1. The SMILES string of the molecule is CN(Cc1ccc(-c2ccc(C(F)(F)F)cc2)cc1)C(=O)Cn1c(CCc2cccc(F)c2F)cc(=O)c2ccc(CCCN3CCCC3)cc21. The van der Waals surface area contributed by atoms with Crippen LogP contribution >= 0.6 is 0 Å². The zero-order valence-corrected chi connectivity index (χ0v) is 28.5. The number of alkyl halides is 3. The minimum Gasteiger partial charge on any atom is -0.340 e. The minimum absolute atomic E-state index is 0.0743. The molecule has 1 fully saturated rings. The van der Waals surface area contributed by atoms with E-state index in [-0.39, 0.29) is 42.8 Å². The highest BCUT2D eigenvalue weighted by Gasteiger charge is 2.30. The van der Waals surface area contributed by atoms with E-state index >= 15 is 0 Å². The molecule has 4 aromatic carbocycles. The number of carbonyl (C=O) groups is 1. The van der Waals surface area contributed by atoms with Crippen molar-refractivity contribution in [2.24, 2.45) is 0 Å². The Morgan fingerprint density at radius 1 is 0.804 bits per heavy atom. The molecule has 0 bridgehead atoms. The molecule has 51 heavy (non-hydrogen) atoms. The summed E-state index contributed by atoms with van der Waals surface area (Å²) in [6.07, 6.45) is 0.175. The zero-order valence-electron chi connectivity index (χ0n) is 28.5. The maximum atomic E-state index is 14.6. The number of likely N-dealkylation sites (N-methyl/N-ethyl adjacent to an activating group) is 1. The van der Waals surface area contributed by atoms with E-state index in [1.54, 1.807) is 24.1 Å². The number of aromatic nitrogens is 1. The van der Waals surface area contributed by atoms with Gasteiger partial charge in [0, 0.05) is 30.7 Å². The fourth-order valence-corrected chi connectivity index (χ4v) is 6.81. The molecule has 1 saturated heterocycles. The van der Waals surface area contributed by atoms with Gasteiger partial charge in [-0.2, -0.15) is 13.2 Å². The Morgan fingerprint density at radius 2 is 1.47 bits per heavy atom. The van der Waals surface area contributed by atoms with E-state index in [2.05, 4.69) is 4.90 Å². The average Bonchev–Trinajstić information content (AvgIpc) is 3.64. The largest absolute Gasteiger partial charge is 0.416 e. The van der Waals surface area contributed by atoms with Crippen LogP contribution in [0.1, 0.15) is 47.2 Å². The van der Waals surface area contributed by atoms with Gasteiger partial charge in [0.2, 0.25) is 5.91 Å². The van der Waals surface area contributed by atoms with E-state index in [4.69, 9.17) is 0 Å². The highest BCUT2D eigenvalue weighted by molar-refractivity contribution is 5.83. The Bertz CT molecular complexity index is 2050. The van der Waals surface area contributed by atoms with Gasteiger partial charge in [-0.15, -0.1) is 0 Å². The Kier molecular flexibility index (Phi) is 11.0. The Morgan fingerprint density at radius 3 is 2.16 bits per heavy atom. The van der Waals surface area contributed by atoms with Crippen molar-refractivity contribution in [3.05, 3.63) is 141 Å². The number of hydrogen-bond donors (Lipinski definition) is 0. The lowest BCUT2D eigenvalue weighted by atomic mass is 10.0. The summed E-state index contributed by atoms with van der Waals surface area (Å²) in [6, 6.07) is 23.5. The van der Waals surface area contributed by atoms with E-state index in [0.29, 0.717) is 22.2 Å². The van der Waals surface area contributed by atoms with Crippen LogP contribution in [0.25, 0.3) is 22.0 Å². The third-order valence-electron chi connectivity index (χ3n) is 9.72. The first-order valence-corrected chi connectivity index (χ1v) is 17.3. The summed E-state index contributed by atoms with van der Waals surface area (Å²) in [5.74, 6) is -2.08. The molecule has 0 N–H and O–H groups in total.